The molecule has 0 radical (unpaired) electrons. The van der Waals surface area contributed by atoms with Crippen LogP contribution in [0, 0.1) is 5.41 Å². The van der Waals surface area contributed by atoms with Crippen molar-refractivity contribution in [1.29, 1.82) is 0 Å². The zero-order chi connectivity index (χ0) is 15.5. The molecule has 0 atom stereocenters. The van der Waals surface area contributed by atoms with Crippen molar-refractivity contribution < 1.29 is 24.1 Å². The average molecular weight is 303 g/mol. The molecule has 0 heterocycles. The van der Waals surface area contributed by atoms with Gasteiger partial charge in [0.1, 0.15) is 5.75 Å². The van der Waals surface area contributed by atoms with Crippen molar-refractivity contribution in [3.05, 3.63) is 16.7 Å². The predicted molar refractivity (Wildman–Crippen MR) is 76.2 cm³/mol. The fourth-order valence-corrected chi connectivity index (χ4v) is 2.13. The molecular weight excluding hydrogens is 284 g/mol. The van der Waals surface area contributed by atoms with E-state index in [4.69, 9.17) is 25.8 Å². The molecule has 0 aliphatic heterocycles. The van der Waals surface area contributed by atoms with Gasteiger partial charge in [0.05, 0.1) is 31.8 Å². The molecule has 0 saturated carbocycles. The summed E-state index contributed by atoms with van der Waals surface area (Å²) in [4.78, 5) is 11.3. The second-order valence-corrected chi connectivity index (χ2v) is 5.35. The van der Waals surface area contributed by atoms with Crippen molar-refractivity contribution in [2.75, 3.05) is 21.3 Å². The number of ether oxygens (including phenoxy) is 3. The fraction of sp³-hybridized carbons (Fsp3) is 0.500. The van der Waals surface area contributed by atoms with Gasteiger partial charge in [-0.25, -0.2) is 0 Å². The number of aliphatic carboxylic acids is 1. The Balaban J connectivity index is 3.46. The number of hydrogen-bond acceptors (Lipinski definition) is 4. The van der Waals surface area contributed by atoms with E-state index in [1.165, 1.54) is 21.3 Å². The van der Waals surface area contributed by atoms with Gasteiger partial charge in [-0.15, -0.1) is 0 Å². The van der Waals surface area contributed by atoms with Crippen molar-refractivity contribution >= 4 is 17.6 Å². The molecular formula is C14H19ClO5. The van der Waals surface area contributed by atoms with Crippen molar-refractivity contribution in [3.8, 4) is 17.2 Å². The minimum absolute atomic E-state index is 0.192. The molecule has 0 unspecified atom stereocenters. The lowest BCUT2D eigenvalue weighted by molar-refractivity contribution is -0.146. The van der Waals surface area contributed by atoms with Crippen molar-refractivity contribution in [3.63, 3.8) is 0 Å². The first-order chi connectivity index (χ1) is 9.28. The summed E-state index contributed by atoms with van der Waals surface area (Å²) >= 11 is 6.28. The van der Waals surface area contributed by atoms with E-state index in [0.717, 1.165) is 0 Å². The van der Waals surface area contributed by atoms with E-state index in [1.807, 2.05) is 0 Å². The van der Waals surface area contributed by atoms with Gasteiger partial charge in [0.15, 0.2) is 11.5 Å². The number of hydrogen-bond donors (Lipinski definition) is 1. The zero-order valence-electron chi connectivity index (χ0n) is 12.2. The number of halogens is 1. The Bertz CT molecular complexity index is 511. The number of carboxylic acids is 1. The second kappa shape index (κ2) is 6.22. The van der Waals surface area contributed by atoms with Gasteiger partial charge in [-0.3, -0.25) is 4.79 Å². The van der Waals surface area contributed by atoms with Crippen LogP contribution in [-0.2, 0) is 11.2 Å². The van der Waals surface area contributed by atoms with Crippen LogP contribution < -0.4 is 14.2 Å². The minimum Gasteiger partial charge on any atom is -0.495 e. The first kappa shape index (κ1) is 16.4. The lowest BCUT2D eigenvalue weighted by Crippen LogP contribution is -2.26. The van der Waals surface area contributed by atoms with E-state index in [-0.39, 0.29) is 6.42 Å². The Hall–Kier alpha value is -1.62. The van der Waals surface area contributed by atoms with Crippen LogP contribution in [0.1, 0.15) is 19.4 Å². The largest absolute Gasteiger partial charge is 0.495 e. The van der Waals surface area contributed by atoms with E-state index < -0.39 is 11.4 Å². The molecule has 1 aromatic rings. The van der Waals surface area contributed by atoms with Gasteiger partial charge in [0.25, 0.3) is 0 Å². The highest BCUT2D eigenvalue weighted by molar-refractivity contribution is 6.33. The highest BCUT2D eigenvalue weighted by Gasteiger charge is 2.32. The van der Waals surface area contributed by atoms with E-state index in [2.05, 4.69) is 0 Å². The fourth-order valence-electron chi connectivity index (χ4n) is 1.84. The number of rotatable bonds is 6. The minimum atomic E-state index is -0.992. The number of carbonyl (C=O) groups is 1. The molecule has 0 aromatic heterocycles. The molecule has 1 N–H and O–H groups in total. The van der Waals surface area contributed by atoms with Crippen LogP contribution in [0.25, 0.3) is 0 Å². The smallest absolute Gasteiger partial charge is 0.309 e. The van der Waals surface area contributed by atoms with Crippen molar-refractivity contribution in [1.82, 2.24) is 0 Å². The molecule has 0 aliphatic rings. The third kappa shape index (κ3) is 3.10. The first-order valence-electron chi connectivity index (χ1n) is 5.99. The van der Waals surface area contributed by atoms with Gasteiger partial charge < -0.3 is 19.3 Å². The topological polar surface area (TPSA) is 65.0 Å². The Morgan fingerprint density at radius 1 is 1.20 bits per heavy atom. The van der Waals surface area contributed by atoms with Gasteiger partial charge in [-0.2, -0.15) is 0 Å². The maximum Gasteiger partial charge on any atom is 0.309 e. The normalized spacial score (nSPS) is 11.1. The summed E-state index contributed by atoms with van der Waals surface area (Å²) in [7, 11) is 4.47. The van der Waals surface area contributed by atoms with Crippen molar-refractivity contribution in [2.24, 2.45) is 5.41 Å². The SMILES string of the molecule is COc1cc(OC)c(OC)c(CC(C)(C)C(=O)O)c1Cl. The third-order valence-corrected chi connectivity index (χ3v) is 3.50. The molecule has 1 rings (SSSR count). The molecule has 0 spiro atoms. The Labute approximate surface area is 123 Å². The van der Waals surface area contributed by atoms with Gasteiger partial charge in [0, 0.05) is 11.6 Å². The molecule has 0 aliphatic carbocycles. The second-order valence-electron chi connectivity index (χ2n) is 4.97. The first-order valence-corrected chi connectivity index (χ1v) is 6.37. The molecule has 0 saturated heterocycles. The van der Waals surface area contributed by atoms with Crippen LogP contribution in [0.15, 0.2) is 6.07 Å². The molecule has 0 fully saturated rings. The lowest BCUT2D eigenvalue weighted by Gasteiger charge is -2.23. The van der Waals surface area contributed by atoms with Gasteiger partial charge in [-0.05, 0) is 20.3 Å². The van der Waals surface area contributed by atoms with Crippen molar-refractivity contribution in [2.45, 2.75) is 20.3 Å². The van der Waals surface area contributed by atoms with Crippen LogP contribution in [0.5, 0.6) is 17.2 Å². The predicted octanol–water partition coefficient (Wildman–Crippen LogP) is 3.02. The summed E-state index contributed by atoms with van der Waals surface area (Å²) in [5, 5.41) is 9.60. The lowest BCUT2D eigenvalue weighted by atomic mass is 9.85. The molecule has 20 heavy (non-hydrogen) atoms. The highest BCUT2D eigenvalue weighted by atomic mass is 35.5. The molecule has 0 amide bonds. The Morgan fingerprint density at radius 2 is 1.75 bits per heavy atom. The maximum atomic E-state index is 11.3. The number of benzene rings is 1. The van der Waals surface area contributed by atoms with E-state index in [9.17, 15) is 9.90 Å². The van der Waals surface area contributed by atoms with Gasteiger partial charge >= 0.3 is 5.97 Å². The van der Waals surface area contributed by atoms with Crippen LogP contribution in [0.2, 0.25) is 5.02 Å². The molecule has 5 nitrogen and oxygen atoms in total. The van der Waals surface area contributed by atoms with Gasteiger partial charge in [-0.1, -0.05) is 11.6 Å². The summed E-state index contributed by atoms with van der Waals surface area (Å²) < 4.78 is 15.7. The highest BCUT2D eigenvalue weighted by Crippen LogP contribution is 2.44. The summed E-state index contributed by atoms with van der Waals surface area (Å²) in [6, 6.07) is 1.61. The monoisotopic (exact) mass is 302 g/mol. The standard InChI is InChI=1S/C14H19ClO5/c1-14(2,13(16)17)7-8-11(15)9(18-3)6-10(19-4)12(8)20-5/h6H,7H2,1-5H3,(H,16,17). The maximum absolute atomic E-state index is 11.3. The molecule has 0 bridgehead atoms. The van der Waals surface area contributed by atoms with E-state index in [0.29, 0.717) is 27.8 Å². The quantitative estimate of drug-likeness (QED) is 0.875. The number of methoxy groups -OCH3 is 3. The Morgan fingerprint density at radius 3 is 2.15 bits per heavy atom. The summed E-state index contributed by atoms with van der Waals surface area (Å²) in [6.07, 6.45) is 0.192. The van der Waals surface area contributed by atoms with Crippen LogP contribution in [-0.4, -0.2) is 32.4 Å². The number of carboxylic acid groups (broad SMARTS) is 1. The molecule has 1 aromatic carbocycles. The van der Waals surface area contributed by atoms with E-state index in [1.54, 1.807) is 19.9 Å². The average Bonchev–Trinajstić information content (AvgIpc) is 2.40. The van der Waals surface area contributed by atoms with Crippen LogP contribution >= 0.6 is 11.6 Å². The van der Waals surface area contributed by atoms with Crippen LogP contribution in [0.4, 0.5) is 0 Å². The van der Waals surface area contributed by atoms with Crippen LogP contribution in [0.3, 0.4) is 0 Å². The summed E-state index contributed by atoms with van der Waals surface area (Å²) in [5.41, 5.74) is -0.438. The molecule has 112 valence electrons. The summed E-state index contributed by atoms with van der Waals surface area (Å²) in [6.45, 7) is 3.24. The third-order valence-electron chi connectivity index (χ3n) is 3.08. The Kier molecular flexibility index (Phi) is 5.11. The zero-order valence-corrected chi connectivity index (χ0v) is 13.0. The summed E-state index contributed by atoms with van der Waals surface area (Å²) in [5.74, 6) is 0.371. The molecule has 6 heteroatoms. The van der Waals surface area contributed by atoms with Gasteiger partial charge in [0.2, 0.25) is 0 Å². The van der Waals surface area contributed by atoms with E-state index >= 15 is 0 Å².